The van der Waals surface area contributed by atoms with Gasteiger partial charge < -0.3 is 14.7 Å². The molecular weight excluding hydrogens is 242 g/mol. The van der Waals surface area contributed by atoms with Gasteiger partial charge >= 0.3 is 5.97 Å². The Morgan fingerprint density at radius 2 is 2.00 bits per heavy atom. The second kappa shape index (κ2) is 8.32. The van der Waals surface area contributed by atoms with E-state index in [2.05, 4.69) is 11.8 Å². The second-order valence-electron chi connectivity index (χ2n) is 4.04. The maximum absolute atomic E-state index is 10.4. The van der Waals surface area contributed by atoms with Crippen LogP contribution in [0.5, 0.6) is 0 Å². The molecule has 0 saturated carbocycles. The van der Waals surface area contributed by atoms with Gasteiger partial charge in [0.25, 0.3) is 0 Å². The monoisotopic (exact) mass is 263 g/mol. The van der Waals surface area contributed by atoms with Crippen molar-refractivity contribution in [2.45, 2.75) is 13.8 Å². The fourth-order valence-corrected chi connectivity index (χ4v) is 1.75. The van der Waals surface area contributed by atoms with Gasteiger partial charge in [-0.25, -0.2) is 4.79 Å². The zero-order chi connectivity index (χ0) is 14.1. The van der Waals surface area contributed by atoms with Gasteiger partial charge in [-0.05, 0) is 37.6 Å². The lowest BCUT2D eigenvalue weighted by Crippen LogP contribution is -2.27. The highest BCUT2D eigenvalue weighted by molar-refractivity contribution is 5.85. The van der Waals surface area contributed by atoms with Crippen LogP contribution in [0.3, 0.4) is 0 Å². The predicted molar refractivity (Wildman–Crippen MR) is 77.5 cm³/mol. The van der Waals surface area contributed by atoms with E-state index < -0.39 is 5.97 Å². The first-order chi connectivity index (χ1) is 9.17. The van der Waals surface area contributed by atoms with Crippen LogP contribution in [0, 0.1) is 0 Å². The fourth-order valence-electron chi connectivity index (χ4n) is 1.75. The largest absolute Gasteiger partial charge is 0.478 e. The van der Waals surface area contributed by atoms with Gasteiger partial charge in [0.05, 0.1) is 6.61 Å². The smallest absolute Gasteiger partial charge is 0.328 e. The van der Waals surface area contributed by atoms with Crippen molar-refractivity contribution in [2.75, 3.05) is 31.2 Å². The molecule has 104 valence electrons. The fraction of sp³-hybridized carbons (Fsp3) is 0.400. The third kappa shape index (κ3) is 5.57. The van der Waals surface area contributed by atoms with Crippen molar-refractivity contribution in [1.82, 2.24) is 0 Å². The van der Waals surface area contributed by atoms with Crippen molar-refractivity contribution < 1.29 is 14.6 Å². The third-order valence-electron chi connectivity index (χ3n) is 2.77. The number of hydrogen-bond donors (Lipinski definition) is 1. The summed E-state index contributed by atoms with van der Waals surface area (Å²) < 4.78 is 5.36. The van der Waals surface area contributed by atoms with Gasteiger partial charge in [-0.1, -0.05) is 12.1 Å². The number of carbonyl (C=O) groups is 1. The molecule has 4 nitrogen and oxygen atoms in total. The number of nitrogens with zero attached hydrogens (tertiary/aromatic N) is 1. The van der Waals surface area contributed by atoms with E-state index >= 15 is 0 Å². The Balaban J connectivity index is 2.64. The number of rotatable bonds is 8. The maximum atomic E-state index is 10.4. The van der Waals surface area contributed by atoms with E-state index in [1.165, 1.54) is 0 Å². The highest BCUT2D eigenvalue weighted by Crippen LogP contribution is 2.15. The summed E-state index contributed by atoms with van der Waals surface area (Å²) in [4.78, 5) is 12.7. The van der Waals surface area contributed by atoms with Crippen molar-refractivity contribution in [3.8, 4) is 0 Å². The maximum Gasteiger partial charge on any atom is 0.328 e. The number of aliphatic carboxylic acids is 1. The molecule has 19 heavy (non-hydrogen) atoms. The van der Waals surface area contributed by atoms with E-state index in [0.717, 1.165) is 37.0 Å². The second-order valence-corrected chi connectivity index (χ2v) is 4.04. The van der Waals surface area contributed by atoms with Gasteiger partial charge in [-0.2, -0.15) is 0 Å². The molecule has 0 bridgehead atoms. The van der Waals surface area contributed by atoms with Gasteiger partial charge in [0.15, 0.2) is 0 Å². The van der Waals surface area contributed by atoms with Crippen LogP contribution in [0.1, 0.15) is 19.4 Å². The molecule has 0 spiro atoms. The number of carboxylic acid groups (broad SMARTS) is 1. The van der Waals surface area contributed by atoms with Crippen LogP contribution in [0.15, 0.2) is 30.3 Å². The number of ether oxygens (including phenoxy) is 1. The van der Waals surface area contributed by atoms with Crippen LogP contribution in [0.25, 0.3) is 6.08 Å². The molecular formula is C15H21NO3. The minimum Gasteiger partial charge on any atom is -0.478 e. The van der Waals surface area contributed by atoms with Gasteiger partial charge in [0.2, 0.25) is 0 Å². The topological polar surface area (TPSA) is 49.8 Å². The van der Waals surface area contributed by atoms with E-state index in [-0.39, 0.29) is 0 Å². The Kier molecular flexibility index (Phi) is 6.68. The molecule has 0 aliphatic rings. The first-order valence-electron chi connectivity index (χ1n) is 6.51. The predicted octanol–water partition coefficient (Wildman–Crippen LogP) is 2.65. The van der Waals surface area contributed by atoms with Crippen LogP contribution < -0.4 is 4.90 Å². The van der Waals surface area contributed by atoms with Crippen LogP contribution in [0.4, 0.5) is 5.69 Å². The zero-order valence-corrected chi connectivity index (χ0v) is 11.5. The Bertz CT molecular complexity index is 412. The molecule has 0 atom stereocenters. The third-order valence-corrected chi connectivity index (χ3v) is 2.77. The molecule has 1 aromatic rings. The Morgan fingerprint density at radius 1 is 1.32 bits per heavy atom. The molecule has 1 rings (SSSR count). The van der Waals surface area contributed by atoms with Crippen LogP contribution in [0.2, 0.25) is 0 Å². The highest BCUT2D eigenvalue weighted by atomic mass is 16.5. The summed E-state index contributed by atoms with van der Waals surface area (Å²) in [5, 5.41) is 8.57. The van der Waals surface area contributed by atoms with Crippen LogP contribution >= 0.6 is 0 Å². The summed E-state index contributed by atoms with van der Waals surface area (Å²) >= 11 is 0. The number of carboxylic acids is 1. The number of anilines is 1. The lowest BCUT2D eigenvalue weighted by atomic mass is 10.2. The first-order valence-corrected chi connectivity index (χ1v) is 6.51. The minimum absolute atomic E-state index is 0.713. The number of benzene rings is 1. The van der Waals surface area contributed by atoms with Crippen molar-refractivity contribution >= 4 is 17.7 Å². The van der Waals surface area contributed by atoms with Crippen LogP contribution in [-0.4, -0.2) is 37.4 Å². The van der Waals surface area contributed by atoms with Gasteiger partial charge in [0, 0.05) is 31.5 Å². The van der Waals surface area contributed by atoms with Crippen LogP contribution in [-0.2, 0) is 9.53 Å². The SMILES string of the molecule is CCOCCN(CC)c1ccc(C=CC(=O)O)cc1. The quantitative estimate of drug-likeness (QED) is 0.578. The molecule has 0 aliphatic heterocycles. The summed E-state index contributed by atoms with van der Waals surface area (Å²) in [6.45, 7) is 7.30. The Hall–Kier alpha value is -1.81. The average molecular weight is 263 g/mol. The van der Waals surface area contributed by atoms with Gasteiger partial charge in [0.1, 0.15) is 0 Å². The molecule has 4 heteroatoms. The molecule has 0 unspecified atom stereocenters. The summed E-state index contributed by atoms with van der Waals surface area (Å²) in [5.41, 5.74) is 2.00. The van der Waals surface area contributed by atoms with Crippen molar-refractivity contribution in [1.29, 1.82) is 0 Å². The molecule has 0 fully saturated rings. The highest BCUT2D eigenvalue weighted by Gasteiger charge is 2.03. The minimum atomic E-state index is -0.934. The Labute approximate surface area is 114 Å². The van der Waals surface area contributed by atoms with Gasteiger partial charge in [-0.3, -0.25) is 0 Å². The van der Waals surface area contributed by atoms with Crippen molar-refractivity contribution in [3.63, 3.8) is 0 Å². The average Bonchev–Trinajstić information content (AvgIpc) is 2.42. The molecule has 0 aromatic heterocycles. The molecule has 0 saturated heterocycles. The first kappa shape index (κ1) is 15.2. The van der Waals surface area contributed by atoms with E-state index in [9.17, 15) is 4.79 Å². The van der Waals surface area contributed by atoms with E-state index in [1.807, 2.05) is 31.2 Å². The molecule has 0 aliphatic carbocycles. The zero-order valence-electron chi connectivity index (χ0n) is 11.5. The van der Waals surface area contributed by atoms with Crippen molar-refractivity contribution in [3.05, 3.63) is 35.9 Å². The lowest BCUT2D eigenvalue weighted by Gasteiger charge is -2.23. The van der Waals surface area contributed by atoms with Gasteiger partial charge in [-0.15, -0.1) is 0 Å². The standard InChI is InChI=1S/C15H21NO3/c1-3-16(11-12-19-4-2)14-8-5-13(6-9-14)7-10-15(17)18/h5-10H,3-4,11-12H2,1-2H3,(H,17,18). The van der Waals surface area contributed by atoms with E-state index in [0.29, 0.717) is 6.61 Å². The summed E-state index contributed by atoms with van der Waals surface area (Å²) in [6, 6.07) is 7.82. The molecule has 0 radical (unpaired) electrons. The number of likely N-dealkylation sites (N-methyl/N-ethyl adjacent to an activating group) is 1. The van der Waals surface area contributed by atoms with E-state index in [4.69, 9.17) is 9.84 Å². The molecule has 0 heterocycles. The molecule has 1 aromatic carbocycles. The number of hydrogen-bond acceptors (Lipinski definition) is 3. The van der Waals surface area contributed by atoms with Crippen molar-refractivity contribution in [2.24, 2.45) is 0 Å². The molecule has 1 N–H and O–H groups in total. The molecule has 0 amide bonds. The Morgan fingerprint density at radius 3 is 2.53 bits per heavy atom. The summed E-state index contributed by atoms with van der Waals surface area (Å²) in [7, 11) is 0. The summed E-state index contributed by atoms with van der Waals surface area (Å²) in [5.74, 6) is -0.934. The normalized spacial score (nSPS) is 10.8. The lowest BCUT2D eigenvalue weighted by molar-refractivity contribution is -0.131. The summed E-state index contributed by atoms with van der Waals surface area (Å²) in [6.07, 6.45) is 2.73. The van der Waals surface area contributed by atoms with E-state index in [1.54, 1.807) is 6.08 Å².